The number of carbonyl (C=O) groups is 1. The number of allylic oxidation sites excluding steroid dienone is 1. The summed E-state index contributed by atoms with van der Waals surface area (Å²) in [5.41, 5.74) is 5.32. The summed E-state index contributed by atoms with van der Waals surface area (Å²) in [6.07, 6.45) is 0.942. The summed E-state index contributed by atoms with van der Waals surface area (Å²) >= 11 is 1.57. The number of ether oxygens (including phenoxy) is 1. The van der Waals surface area contributed by atoms with Gasteiger partial charge in [-0.15, -0.1) is 5.10 Å². The van der Waals surface area contributed by atoms with Gasteiger partial charge < -0.3 is 15.4 Å². The quantitative estimate of drug-likeness (QED) is 0.280. The number of nitrogens with one attached hydrogen (secondary N) is 2. The van der Waals surface area contributed by atoms with Crippen molar-refractivity contribution in [3.8, 4) is 5.75 Å². The third-order valence-electron chi connectivity index (χ3n) is 6.35. The second-order valence-electron chi connectivity index (χ2n) is 8.75. The number of benzene rings is 3. The molecule has 1 aliphatic rings. The van der Waals surface area contributed by atoms with Crippen molar-refractivity contribution in [2.45, 2.75) is 37.2 Å². The minimum absolute atomic E-state index is 0.223. The molecule has 0 radical (unpaired) electrons. The second kappa shape index (κ2) is 10.9. The van der Waals surface area contributed by atoms with Crippen LogP contribution < -0.4 is 15.4 Å². The number of amides is 1. The maximum Gasteiger partial charge on any atom is 0.255 e. The molecular formula is C29H29N5O2S. The van der Waals surface area contributed by atoms with Crippen LogP contribution in [0.4, 0.5) is 11.6 Å². The molecule has 1 atom stereocenters. The number of para-hydroxylation sites is 2. The van der Waals surface area contributed by atoms with Gasteiger partial charge in [-0.1, -0.05) is 85.4 Å². The average molecular weight is 512 g/mol. The molecule has 8 heteroatoms. The van der Waals surface area contributed by atoms with Crippen LogP contribution in [0, 0.1) is 0 Å². The molecule has 37 heavy (non-hydrogen) atoms. The zero-order chi connectivity index (χ0) is 25.8. The van der Waals surface area contributed by atoms with E-state index in [1.54, 1.807) is 18.9 Å². The Morgan fingerprint density at radius 1 is 1.03 bits per heavy atom. The van der Waals surface area contributed by atoms with Gasteiger partial charge in [-0.25, -0.2) is 4.68 Å². The van der Waals surface area contributed by atoms with Crippen molar-refractivity contribution in [3.05, 3.63) is 107 Å². The SMILES string of the molecule is CCc1ccc([C@@H]2C(C(=O)Nc3ccccc3OC)=C(C)Nc3nc(SCc4ccccc4)nn32)cc1. The van der Waals surface area contributed by atoms with Crippen LogP contribution in [-0.4, -0.2) is 27.8 Å². The molecule has 3 aromatic carbocycles. The molecule has 2 heterocycles. The Hall–Kier alpha value is -4.04. The maximum absolute atomic E-state index is 13.7. The summed E-state index contributed by atoms with van der Waals surface area (Å²) in [5, 5.41) is 11.8. The third-order valence-corrected chi connectivity index (χ3v) is 7.26. The minimum Gasteiger partial charge on any atom is -0.495 e. The van der Waals surface area contributed by atoms with E-state index >= 15 is 0 Å². The van der Waals surface area contributed by atoms with Gasteiger partial charge >= 0.3 is 0 Å². The summed E-state index contributed by atoms with van der Waals surface area (Å²) < 4.78 is 7.26. The summed E-state index contributed by atoms with van der Waals surface area (Å²) in [6, 6.07) is 25.5. The van der Waals surface area contributed by atoms with Gasteiger partial charge in [0.05, 0.1) is 18.4 Å². The van der Waals surface area contributed by atoms with E-state index in [0.29, 0.717) is 28.1 Å². The first kappa shape index (κ1) is 24.6. The third kappa shape index (κ3) is 5.24. The molecule has 4 aromatic rings. The Kier molecular flexibility index (Phi) is 7.28. The molecule has 2 N–H and O–H groups in total. The maximum atomic E-state index is 13.7. The first-order valence-electron chi connectivity index (χ1n) is 12.2. The summed E-state index contributed by atoms with van der Waals surface area (Å²) in [7, 11) is 1.59. The molecule has 0 bridgehead atoms. The lowest BCUT2D eigenvalue weighted by atomic mass is 9.94. The number of carbonyl (C=O) groups excluding carboxylic acids is 1. The van der Waals surface area contributed by atoms with Crippen LogP contribution in [0.2, 0.25) is 0 Å². The number of anilines is 2. The fourth-order valence-electron chi connectivity index (χ4n) is 4.39. The first-order valence-corrected chi connectivity index (χ1v) is 13.2. The Bertz CT molecular complexity index is 1430. The fraction of sp³-hybridized carbons (Fsp3) is 0.207. The normalized spacial score (nSPS) is 14.6. The van der Waals surface area contributed by atoms with E-state index in [0.717, 1.165) is 23.4 Å². The molecule has 0 saturated heterocycles. The highest BCUT2D eigenvalue weighted by Crippen LogP contribution is 2.37. The van der Waals surface area contributed by atoms with Gasteiger partial charge in [-0.2, -0.15) is 4.98 Å². The molecule has 0 fully saturated rings. The van der Waals surface area contributed by atoms with E-state index in [2.05, 4.69) is 54.0 Å². The molecule has 7 nitrogen and oxygen atoms in total. The van der Waals surface area contributed by atoms with E-state index in [1.807, 2.05) is 54.1 Å². The molecule has 188 valence electrons. The standard InChI is InChI=1S/C29H29N5O2S/c1-4-20-14-16-22(17-15-20)26-25(27(35)31-23-12-8-9-13-24(23)36-3)19(2)30-28-32-29(33-34(26)28)37-18-21-10-6-5-7-11-21/h5-17,26H,4,18H2,1-3H3,(H,31,35)(H,30,32,33)/t26-/m1/s1. The first-order chi connectivity index (χ1) is 18.1. The smallest absolute Gasteiger partial charge is 0.255 e. The summed E-state index contributed by atoms with van der Waals surface area (Å²) in [5.74, 6) is 1.75. The molecule has 0 saturated carbocycles. The number of nitrogens with zero attached hydrogens (tertiary/aromatic N) is 3. The fourth-order valence-corrected chi connectivity index (χ4v) is 5.18. The zero-order valence-electron chi connectivity index (χ0n) is 21.1. The van der Waals surface area contributed by atoms with Crippen molar-refractivity contribution in [1.29, 1.82) is 0 Å². The second-order valence-corrected chi connectivity index (χ2v) is 9.70. The van der Waals surface area contributed by atoms with Gasteiger partial charge in [0, 0.05) is 11.4 Å². The van der Waals surface area contributed by atoms with Gasteiger partial charge in [-0.3, -0.25) is 4.79 Å². The van der Waals surface area contributed by atoms with E-state index in [1.165, 1.54) is 11.1 Å². The number of hydrogen-bond acceptors (Lipinski definition) is 6. The van der Waals surface area contributed by atoms with Crippen molar-refractivity contribution in [3.63, 3.8) is 0 Å². The van der Waals surface area contributed by atoms with Crippen molar-refractivity contribution < 1.29 is 9.53 Å². The number of rotatable bonds is 8. The average Bonchev–Trinajstić information content (AvgIpc) is 3.34. The van der Waals surface area contributed by atoms with Crippen LogP contribution in [-0.2, 0) is 17.0 Å². The molecular weight excluding hydrogens is 482 g/mol. The van der Waals surface area contributed by atoms with Crippen LogP contribution in [0.25, 0.3) is 0 Å². The molecule has 0 aliphatic carbocycles. The van der Waals surface area contributed by atoms with Gasteiger partial charge in [0.15, 0.2) is 0 Å². The molecule has 1 aliphatic heterocycles. The predicted octanol–water partition coefficient (Wildman–Crippen LogP) is 6.07. The number of thioether (sulfide) groups is 1. The number of fused-ring (bicyclic) bond motifs is 1. The van der Waals surface area contributed by atoms with E-state index < -0.39 is 6.04 Å². The van der Waals surface area contributed by atoms with Crippen LogP contribution >= 0.6 is 11.8 Å². The number of aryl methyl sites for hydroxylation is 1. The Morgan fingerprint density at radius 2 is 1.76 bits per heavy atom. The van der Waals surface area contributed by atoms with Crippen LogP contribution in [0.3, 0.4) is 0 Å². The Morgan fingerprint density at radius 3 is 2.49 bits per heavy atom. The van der Waals surface area contributed by atoms with Gasteiger partial charge in [0.25, 0.3) is 5.91 Å². The topological polar surface area (TPSA) is 81.1 Å². The van der Waals surface area contributed by atoms with Crippen molar-refractivity contribution in [1.82, 2.24) is 14.8 Å². The Labute approximate surface area is 221 Å². The van der Waals surface area contributed by atoms with Crippen molar-refractivity contribution in [2.24, 2.45) is 0 Å². The highest BCUT2D eigenvalue weighted by atomic mass is 32.2. The molecule has 5 rings (SSSR count). The molecule has 1 aromatic heterocycles. The van der Waals surface area contributed by atoms with Crippen molar-refractivity contribution in [2.75, 3.05) is 17.7 Å². The lowest BCUT2D eigenvalue weighted by molar-refractivity contribution is -0.113. The predicted molar refractivity (Wildman–Crippen MR) is 148 cm³/mol. The van der Waals surface area contributed by atoms with E-state index in [-0.39, 0.29) is 5.91 Å². The van der Waals surface area contributed by atoms with E-state index in [9.17, 15) is 4.79 Å². The largest absolute Gasteiger partial charge is 0.495 e. The van der Waals surface area contributed by atoms with E-state index in [4.69, 9.17) is 14.8 Å². The van der Waals surface area contributed by atoms with Crippen molar-refractivity contribution >= 4 is 29.3 Å². The lowest BCUT2D eigenvalue weighted by Gasteiger charge is -2.29. The van der Waals surface area contributed by atoms with Gasteiger partial charge in [0.1, 0.15) is 11.8 Å². The van der Waals surface area contributed by atoms with Crippen LogP contribution in [0.5, 0.6) is 5.75 Å². The molecule has 0 spiro atoms. The molecule has 0 unspecified atom stereocenters. The highest BCUT2D eigenvalue weighted by molar-refractivity contribution is 7.98. The Balaban J connectivity index is 1.50. The molecule has 1 amide bonds. The van der Waals surface area contributed by atoms with Gasteiger partial charge in [-0.05, 0) is 42.2 Å². The number of methoxy groups -OCH3 is 1. The zero-order valence-corrected chi connectivity index (χ0v) is 21.9. The summed E-state index contributed by atoms with van der Waals surface area (Å²) in [4.78, 5) is 18.5. The summed E-state index contributed by atoms with van der Waals surface area (Å²) in [6.45, 7) is 4.03. The number of aromatic nitrogens is 3. The lowest BCUT2D eigenvalue weighted by Crippen LogP contribution is -2.31. The number of hydrogen-bond donors (Lipinski definition) is 2. The monoisotopic (exact) mass is 511 g/mol. The van der Waals surface area contributed by atoms with Crippen LogP contribution in [0.15, 0.2) is 95.3 Å². The highest BCUT2D eigenvalue weighted by Gasteiger charge is 2.34. The minimum atomic E-state index is -0.435. The van der Waals surface area contributed by atoms with Crippen LogP contribution in [0.1, 0.15) is 36.6 Å². The van der Waals surface area contributed by atoms with Gasteiger partial charge in [0.2, 0.25) is 11.1 Å².